The molecule has 0 aliphatic carbocycles. The van der Waals surface area contributed by atoms with Gasteiger partial charge < -0.3 is 14.4 Å². The molecule has 0 radical (unpaired) electrons. The van der Waals surface area contributed by atoms with E-state index in [4.69, 9.17) is 9.47 Å². The van der Waals surface area contributed by atoms with E-state index >= 15 is 0 Å². The average Bonchev–Trinajstić information content (AvgIpc) is 2.38. The lowest BCUT2D eigenvalue weighted by Crippen LogP contribution is -2.43. The van der Waals surface area contributed by atoms with Crippen molar-refractivity contribution in [1.82, 2.24) is 4.90 Å². The topological polar surface area (TPSA) is 38.8 Å². The summed E-state index contributed by atoms with van der Waals surface area (Å²) < 4.78 is 11.2. The van der Waals surface area contributed by atoms with Gasteiger partial charge in [0.1, 0.15) is 0 Å². The van der Waals surface area contributed by atoms with Gasteiger partial charge in [0.15, 0.2) is 0 Å². The summed E-state index contributed by atoms with van der Waals surface area (Å²) in [6.07, 6.45) is 0. The molecule has 0 saturated carbocycles. The van der Waals surface area contributed by atoms with Crippen LogP contribution in [-0.4, -0.2) is 50.8 Å². The van der Waals surface area contributed by atoms with Crippen molar-refractivity contribution in [3.8, 4) is 0 Å². The highest BCUT2D eigenvalue weighted by molar-refractivity contribution is 9.10. The molecule has 0 N–H and O–H groups in total. The van der Waals surface area contributed by atoms with Crippen molar-refractivity contribution < 1.29 is 14.3 Å². The van der Waals surface area contributed by atoms with E-state index in [-0.39, 0.29) is 11.9 Å². The number of aryl methyl sites for hydroxylation is 1. The molecule has 5 heteroatoms. The van der Waals surface area contributed by atoms with Crippen LogP contribution in [0.5, 0.6) is 0 Å². The number of hydrogen-bond acceptors (Lipinski definition) is 3. The van der Waals surface area contributed by atoms with Gasteiger partial charge in [0.25, 0.3) is 5.91 Å². The molecule has 0 bridgehead atoms. The van der Waals surface area contributed by atoms with E-state index in [2.05, 4.69) is 15.9 Å². The third-order valence-electron chi connectivity index (χ3n) is 3.03. The first-order valence-corrected chi connectivity index (χ1v) is 7.35. The molecule has 0 aromatic heterocycles. The number of carbonyl (C=O) groups is 1. The molecule has 1 rings (SSSR count). The van der Waals surface area contributed by atoms with Gasteiger partial charge in [-0.15, -0.1) is 0 Å². The lowest BCUT2D eigenvalue weighted by Gasteiger charge is -2.29. The van der Waals surface area contributed by atoms with Crippen LogP contribution >= 0.6 is 15.9 Å². The van der Waals surface area contributed by atoms with Gasteiger partial charge in [-0.25, -0.2) is 0 Å². The van der Waals surface area contributed by atoms with E-state index in [9.17, 15) is 4.79 Å². The minimum Gasteiger partial charge on any atom is -0.383 e. The number of halogens is 1. The van der Waals surface area contributed by atoms with E-state index in [1.54, 1.807) is 19.1 Å². The predicted molar refractivity (Wildman–Crippen MR) is 83.1 cm³/mol. The molecule has 1 amide bonds. The van der Waals surface area contributed by atoms with Crippen LogP contribution in [0.2, 0.25) is 0 Å². The standard InChI is InChI=1S/C15H22BrNO3/c1-11-7-13(9-14(16)8-11)15(18)17(5-6-19-3)12(2)10-20-4/h7-9,12H,5-6,10H2,1-4H3. The summed E-state index contributed by atoms with van der Waals surface area (Å²) in [6.45, 7) is 5.50. The Morgan fingerprint density at radius 3 is 2.55 bits per heavy atom. The zero-order valence-corrected chi connectivity index (χ0v) is 14.1. The Labute approximate surface area is 129 Å². The zero-order chi connectivity index (χ0) is 15.1. The van der Waals surface area contributed by atoms with Crippen molar-refractivity contribution in [3.05, 3.63) is 33.8 Å². The molecule has 1 aromatic carbocycles. The molecule has 0 aliphatic rings. The molecule has 4 nitrogen and oxygen atoms in total. The number of ether oxygens (including phenoxy) is 2. The van der Waals surface area contributed by atoms with E-state index in [0.29, 0.717) is 25.3 Å². The first-order chi connectivity index (χ1) is 9.49. The molecule has 20 heavy (non-hydrogen) atoms. The van der Waals surface area contributed by atoms with Crippen molar-refractivity contribution in [2.75, 3.05) is 34.0 Å². The van der Waals surface area contributed by atoms with Crippen LogP contribution in [0.15, 0.2) is 22.7 Å². The molecule has 0 saturated heterocycles. The highest BCUT2D eigenvalue weighted by Crippen LogP contribution is 2.18. The van der Waals surface area contributed by atoms with Crippen molar-refractivity contribution in [1.29, 1.82) is 0 Å². The second-order valence-corrected chi connectivity index (χ2v) is 5.73. The Bertz CT molecular complexity index is 430. The van der Waals surface area contributed by atoms with Crippen molar-refractivity contribution >= 4 is 21.8 Å². The lowest BCUT2D eigenvalue weighted by atomic mass is 10.1. The molecule has 0 heterocycles. The fraction of sp³-hybridized carbons (Fsp3) is 0.533. The third-order valence-corrected chi connectivity index (χ3v) is 3.48. The van der Waals surface area contributed by atoms with Crippen LogP contribution in [0.4, 0.5) is 0 Å². The van der Waals surface area contributed by atoms with Crippen LogP contribution in [0, 0.1) is 6.92 Å². The molecule has 1 atom stereocenters. The van der Waals surface area contributed by atoms with Gasteiger partial charge in [0.2, 0.25) is 0 Å². The first-order valence-electron chi connectivity index (χ1n) is 6.55. The molecule has 112 valence electrons. The van der Waals surface area contributed by atoms with Crippen LogP contribution in [-0.2, 0) is 9.47 Å². The van der Waals surface area contributed by atoms with Gasteiger partial charge in [0.05, 0.1) is 19.3 Å². The fourth-order valence-electron chi connectivity index (χ4n) is 2.07. The van der Waals surface area contributed by atoms with E-state index < -0.39 is 0 Å². The Morgan fingerprint density at radius 1 is 1.30 bits per heavy atom. The Kier molecular flexibility index (Phi) is 7.19. The largest absolute Gasteiger partial charge is 0.383 e. The molecular weight excluding hydrogens is 322 g/mol. The van der Waals surface area contributed by atoms with Gasteiger partial charge in [-0.2, -0.15) is 0 Å². The average molecular weight is 344 g/mol. The second kappa shape index (κ2) is 8.39. The SMILES string of the molecule is COCCN(C(=O)c1cc(C)cc(Br)c1)C(C)COC. The summed E-state index contributed by atoms with van der Waals surface area (Å²) in [5.74, 6) is -0.00370. The summed E-state index contributed by atoms with van der Waals surface area (Å²) in [5.41, 5.74) is 1.73. The number of nitrogens with zero attached hydrogens (tertiary/aromatic N) is 1. The number of carbonyl (C=O) groups excluding carboxylic acids is 1. The number of rotatable bonds is 7. The highest BCUT2D eigenvalue weighted by atomic mass is 79.9. The Morgan fingerprint density at radius 2 is 2.00 bits per heavy atom. The van der Waals surface area contributed by atoms with E-state index in [1.807, 2.05) is 32.0 Å². The normalized spacial score (nSPS) is 12.2. The second-order valence-electron chi connectivity index (χ2n) is 4.81. The fourth-order valence-corrected chi connectivity index (χ4v) is 2.68. The Hall–Kier alpha value is -0.910. The van der Waals surface area contributed by atoms with E-state index in [1.165, 1.54) is 0 Å². The first kappa shape index (κ1) is 17.1. The molecular formula is C15H22BrNO3. The predicted octanol–water partition coefficient (Wildman–Crippen LogP) is 2.88. The molecule has 1 aromatic rings. The minimum absolute atomic E-state index is 0.00179. The van der Waals surface area contributed by atoms with Crippen LogP contribution in [0.3, 0.4) is 0 Å². The smallest absolute Gasteiger partial charge is 0.254 e. The summed E-state index contributed by atoms with van der Waals surface area (Å²) in [4.78, 5) is 14.5. The van der Waals surface area contributed by atoms with E-state index in [0.717, 1.165) is 10.0 Å². The zero-order valence-electron chi connectivity index (χ0n) is 12.5. The molecule has 1 unspecified atom stereocenters. The Balaban J connectivity index is 2.96. The van der Waals surface area contributed by atoms with Crippen molar-refractivity contribution in [2.24, 2.45) is 0 Å². The number of benzene rings is 1. The summed E-state index contributed by atoms with van der Waals surface area (Å²) in [5, 5.41) is 0. The monoisotopic (exact) mass is 343 g/mol. The number of methoxy groups -OCH3 is 2. The van der Waals surface area contributed by atoms with Gasteiger partial charge in [-0.3, -0.25) is 4.79 Å². The summed E-state index contributed by atoms with van der Waals surface area (Å²) >= 11 is 3.43. The van der Waals surface area contributed by atoms with Gasteiger partial charge in [-0.05, 0) is 37.6 Å². The van der Waals surface area contributed by atoms with Crippen molar-refractivity contribution in [2.45, 2.75) is 19.9 Å². The summed E-state index contributed by atoms with van der Waals surface area (Å²) in [7, 11) is 3.27. The van der Waals surface area contributed by atoms with Crippen LogP contribution in [0.25, 0.3) is 0 Å². The van der Waals surface area contributed by atoms with Crippen LogP contribution in [0.1, 0.15) is 22.8 Å². The molecule has 0 aliphatic heterocycles. The van der Waals surface area contributed by atoms with Gasteiger partial charge in [0, 0.05) is 30.8 Å². The lowest BCUT2D eigenvalue weighted by molar-refractivity contribution is 0.0479. The molecule has 0 fully saturated rings. The summed E-state index contributed by atoms with van der Waals surface area (Å²) in [6, 6.07) is 5.72. The van der Waals surface area contributed by atoms with Gasteiger partial charge in [-0.1, -0.05) is 15.9 Å². The maximum absolute atomic E-state index is 12.7. The third kappa shape index (κ3) is 4.89. The van der Waals surface area contributed by atoms with Crippen molar-refractivity contribution in [3.63, 3.8) is 0 Å². The van der Waals surface area contributed by atoms with Gasteiger partial charge >= 0.3 is 0 Å². The maximum atomic E-state index is 12.7. The minimum atomic E-state index is -0.00370. The maximum Gasteiger partial charge on any atom is 0.254 e. The quantitative estimate of drug-likeness (QED) is 0.764. The van der Waals surface area contributed by atoms with Crippen LogP contribution < -0.4 is 0 Å². The molecule has 0 spiro atoms. The number of amides is 1. The number of hydrogen-bond donors (Lipinski definition) is 0. The highest BCUT2D eigenvalue weighted by Gasteiger charge is 2.21.